The Bertz CT molecular complexity index is 540. The molecule has 104 valence electrons. The number of hydrogen-bond donors (Lipinski definition) is 3. The third-order valence-electron chi connectivity index (χ3n) is 2.33. The van der Waals surface area contributed by atoms with Gasteiger partial charge in [-0.2, -0.15) is 0 Å². The molecule has 0 spiro atoms. The van der Waals surface area contributed by atoms with Crippen molar-refractivity contribution in [2.24, 2.45) is 7.05 Å². The fraction of sp³-hybridized carbons (Fsp3) is 0.300. The highest BCUT2D eigenvalue weighted by Gasteiger charge is 2.25. The quantitative estimate of drug-likeness (QED) is 0.751. The number of nitrogens with one attached hydrogen (secondary N) is 1. The number of carboxylic acid groups (broad SMARTS) is 2. The van der Waals surface area contributed by atoms with Gasteiger partial charge < -0.3 is 20.1 Å². The molecule has 0 saturated heterocycles. The minimum atomic E-state index is -1.53. The molecule has 7 nitrogen and oxygen atoms in total. The number of aliphatic carboxylic acids is 2. The zero-order valence-corrected chi connectivity index (χ0v) is 11.2. The number of hydrogen-bond acceptors (Lipinski definition) is 3. The van der Waals surface area contributed by atoms with Crippen molar-refractivity contribution in [3.8, 4) is 0 Å². The van der Waals surface area contributed by atoms with Crippen LogP contribution in [0.5, 0.6) is 0 Å². The van der Waals surface area contributed by atoms with E-state index in [4.69, 9.17) is 33.4 Å². The van der Waals surface area contributed by atoms with Gasteiger partial charge >= 0.3 is 11.9 Å². The van der Waals surface area contributed by atoms with Crippen molar-refractivity contribution in [2.75, 3.05) is 0 Å². The molecule has 3 N–H and O–H groups in total. The van der Waals surface area contributed by atoms with Gasteiger partial charge in [-0.1, -0.05) is 23.2 Å². The molecule has 0 unspecified atom stereocenters. The van der Waals surface area contributed by atoms with E-state index in [9.17, 15) is 14.4 Å². The summed E-state index contributed by atoms with van der Waals surface area (Å²) in [5.41, 5.74) is 0.0339. The Morgan fingerprint density at radius 3 is 2.32 bits per heavy atom. The van der Waals surface area contributed by atoms with Crippen molar-refractivity contribution in [3.05, 3.63) is 21.9 Å². The van der Waals surface area contributed by atoms with Gasteiger partial charge in [-0.15, -0.1) is 0 Å². The lowest BCUT2D eigenvalue weighted by molar-refractivity contribution is -0.145. The number of amides is 1. The lowest BCUT2D eigenvalue weighted by Gasteiger charge is -2.12. The Labute approximate surface area is 117 Å². The summed E-state index contributed by atoms with van der Waals surface area (Å²) in [6.07, 6.45) is -0.729. The smallest absolute Gasteiger partial charge is 0.326 e. The number of rotatable bonds is 5. The third kappa shape index (κ3) is 3.62. The summed E-state index contributed by atoms with van der Waals surface area (Å²) in [6, 6.07) is -0.267. The van der Waals surface area contributed by atoms with Crippen LogP contribution in [0.4, 0.5) is 0 Å². The molecule has 0 radical (unpaired) electrons. The predicted molar refractivity (Wildman–Crippen MR) is 66.6 cm³/mol. The zero-order valence-electron chi connectivity index (χ0n) is 9.68. The van der Waals surface area contributed by atoms with Gasteiger partial charge in [-0.05, 0) is 6.07 Å². The van der Waals surface area contributed by atoms with Gasteiger partial charge in [0.25, 0.3) is 5.91 Å². The van der Waals surface area contributed by atoms with Crippen LogP contribution < -0.4 is 5.32 Å². The fourth-order valence-electron chi connectivity index (χ4n) is 1.37. The molecule has 1 heterocycles. The number of nitrogens with zero attached hydrogens (tertiary/aromatic N) is 1. The van der Waals surface area contributed by atoms with E-state index in [2.05, 4.69) is 5.32 Å². The van der Waals surface area contributed by atoms with Gasteiger partial charge in [0.1, 0.15) is 16.9 Å². The van der Waals surface area contributed by atoms with Crippen LogP contribution >= 0.6 is 23.2 Å². The maximum atomic E-state index is 11.8. The first kappa shape index (κ1) is 15.3. The molecule has 19 heavy (non-hydrogen) atoms. The van der Waals surface area contributed by atoms with Crippen LogP contribution in [0.3, 0.4) is 0 Å². The summed E-state index contributed by atoms with van der Waals surface area (Å²) in [6.45, 7) is 0. The number of carboxylic acids is 2. The fourth-order valence-corrected chi connectivity index (χ4v) is 1.74. The first-order chi connectivity index (χ1) is 8.73. The zero-order chi connectivity index (χ0) is 14.7. The molecule has 1 amide bonds. The summed E-state index contributed by atoms with van der Waals surface area (Å²) >= 11 is 11.5. The third-order valence-corrected chi connectivity index (χ3v) is 3.17. The van der Waals surface area contributed by atoms with E-state index in [0.717, 1.165) is 0 Å². The first-order valence-corrected chi connectivity index (χ1v) is 5.75. The van der Waals surface area contributed by atoms with Crippen molar-refractivity contribution in [3.63, 3.8) is 0 Å². The maximum absolute atomic E-state index is 11.8. The van der Waals surface area contributed by atoms with Gasteiger partial charge in [-0.25, -0.2) is 4.79 Å². The monoisotopic (exact) mass is 308 g/mol. The number of aromatic nitrogens is 1. The molecule has 0 aliphatic carbocycles. The van der Waals surface area contributed by atoms with E-state index in [1.165, 1.54) is 17.7 Å². The highest BCUT2D eigenvalue weighted by molar-refractivity contribution is 6.41. The molecule has 0 fully saturated rings. The number of halogens is 2. The standard InChI is InChI=1S/C10H10Cl2N2O5/c1-14-6(2-4(11)8(14)12)9(17)13-5(10(18)19)3-7(15)16/h2,5H,3H2,1H3,(H,13,17)(H,15,16)(H,18,19)/t5-/m0/s1. The van der Waals surface area contributed by atoms with Crippen LogP contribution in [-0.2, 0) is 16.6 Å². The Balaban J connectivity index is 2.91. The average Bonchev–Trinajstić information content (AvgIpc) is 2.55. The molecule has 0 aromatic carbocycles. The van der Waals surface area contributed by atoms with E-state index in [1.54, 1.807) is 0 Å². The van der Waals surface area contributed by atoms with Gasteiger partial charge in [0.2, 0.25) is 0 Å². The molecule has 1 aromatic rings. The number of carbonyl (C=O) groups excluding carboxylic acids is 1. The second-order valence-electron chi connectivity index (χ2n) is 3.69. The van der Waals surface area contributed by atoms with E-state index < -0.39 is 30.3 Å². The second-order valence-corrected chi connectivity index (χ2v) is 4.45. The van der Waals surface area contributed by atoms with Crippen LogP contribution in [0.15, 0.2) is 6.07 Å². The lowest BCUT2D eigenvalue weighted by atomic mass is 10.2. The minimum Gasteiger partial charge on any atom is -0.481 e. The van der Waals surface area contributed by atoms with Gasteiger partial charge in [0.15, 0.2) is 0 Å². The first-order valence-electron chi connectivity index (χ1n) is 5.00. The van der Waals surface area contributed by atoms with Crippen LogP contribution in [0, 0.1) is 0 Å². The van der Waals surface area contributed by atoms with Crippen molar-refractivity contribution < 1.29 is 24.6 Å². The van der Waals surface area contributed by atoms with E-state index in [1.807, 2.05) is 0 Å². The largest absolute Gasteiger partial charge is 0.481 e. The molecule has 9 heteroatoms. The summed E-state index contributed by atoms with van der Waals surface area (Å²) < 4.78 is 1.26. The van der Waals surface area contributed by atoms with E-state index >= 15 is 0 Å². The average molecular weight is 309 g/mol. The van der Waals surface area contributed by atoms with Crippen molar-refractivity contribution in [1.82, 2.24) is 9.88 Å². The minimum absolute atomic E-state index is 0.0339. The number of carbonyl (C=O) groups is 3. The van der Waals surface area contributed by atoms with Crippen LogP contribution in [0.25, 0.3) is 0 Å². The van der Waals surface area contributed by atoms with Crippen molar-refractivity contribution in [2.45, 2.75) is 12.5 Å². The normalized spacial score (nSPS) is 11.9. The molecule has 1 aromatic heterocycles. The topological polar surface area (TPSA) is 109 Å². The summed E-state index contributed by atoms with van der Waals surface area (Å²) in [5.74, 6) is -3.55. The highest BCUT2D eigenvalue weighted by Crippen LogP contribution is 2.25. The highest BCUT2D eigenvalue weighted by atomic mass is 35.5. The van der Waals surface area contributed by atoms with Gasteiger partial charge in [0.05, 0.1) is 11.4 Å². The molecule has 1 atom stereocenters. The Morgan fingerprint density at radius 2 is 1.95 bits per heavy atom. The van der Waals surface area contributed by atoms with Crippen LogP contribution in [0.1, 0.15) is 16.9 Å². The second kappa shape index (κ2) is 5.94. The molecule has 0 bridgehead atoms. The summed E-state index contributed by atoms with van der Waals surface area (Å²) in [4.78, 5) is 33.1. The van der Waals surface area contributed by atoms with Crippen molar-refractivity contribution >= 4 is 41.0 Å². The van der Waals surface area contributed by atoms with Gasteiger partial charge in [0, 0.05) is 7.05 Å². The molecule has 0 aliphatic rings. The maximum Gasteiger partial charge on any atom is 0.326 e. The Hall–Kier alpha value is -1.73. The van der Waals surface area contributed by atoms with Crippen molar-refractivity contribution in [1.29, 1.82) is 0 Å². The summed E-state index contributed by atoms with van der Waals surface area (Å²) in [7, 11) is 1.47. The van der Waals surface area contributed by atoms with E-state index in [0.29, 0.717) is 0 Å². The molecule has 0 saturated carbocycles. The van der Waals surface area contributed by atoms with Gasteiger partial charge in [-0.3, -0.25) is 9.59 Å². The Morgan fingerprint density at radius 1 is 1.37 bits per heavy atom. The molecular weight excluding hydrogens is 299 g/mol. The predicted octanol–water partition coefficient (Wildman–Crippen LogP) is 0.990. The van der Waals surface area contributed by atoms with Crippen LogP contribution in [-0.4, -0.2) is 38.7 Å². The Kier molecular flexibility index (Phi) is 4.79. The lowest BCUT2D eigenvalue weighted by Crippen LogP contribution is -2.42. The molecule has 0 aliphatic heterocycles. The van der Waals surface area contributed by atoms with E-state index in [-0.39, 0.29) is 15.9 Å². The van der Waals surface area contributed by atoms with Crippen LogP contribution in [0.2, 0.25) is 10.2 Å². The summed E-state index contributed by atoms with van der Waals surface area (Å²) in [5, 5.41) is 19.7. The molecule has 1 rings (SSSR count). The SMILES string of the molecule is Cn1c(C(=O)N[C@@H](CC(=O)O)C(=O)O)cc(Cl)c1Cl. The molecular formula is C10H10Cl2N2O5.